The Balaban J connectivity index is 2.88. The number of hydrogen-bond donors (Lipinski definition) is 1. The van der Waals surface area contributed by atoms with Crippen molar-refractivity contribution in [2.45, 2.75) is 0 Å². The Morgan fingerprint density at radius 2 is 2.36 bits per heavy atom. The predicted octanol–water partition coefficient (Wildman–Crippen LogP) is 0.416. The molecule has 1 N–H and O–H groups in total. The number of fused-ring (bicyclic) bond motifs is 1. The molecular weight excluding hydrogens is 142 g/mol. The van der Waals surface area contributed by atoms with E-state index in [0.717, 1.165) is 5.52 Å². The Bertz CT molecular complexity index is 393. The molecule has 2 aromatic heterocycles. The highest BCUT2D eigenvalue weighted by molar-refractivity contribution is 5.91. The number of rotatable bonds is 1. The average molecular weight is 146 g/mol. The number of pyridine rings is 1. The van der Waals surface area contributed by atoms with Gasteiger partial charge in [-0.3, -0.25) is 9.78 Å². The first-order valence-corrected chi connectivity index (χ1v) is 3.08. The summed E-state index contributed by atoms with van der Waals surface area (Å²) in [5.41, 5.74) is 1.63. The first-order valence-electron chi connectivity index (χ1n) is 3.08. The fraction of sp³-hybridized carbons (Fsp3) is 0. The quantitative estimate of drug-likeness (QED) is 0.634. The number of hydrogen-bond acceptors (Lipinski definition) is 3. The lowest BCUT2D eigenvalue weighted by molar-refractivity contribution is 0.562. The predicted molar refractivity (Wildman–Crippen MR) is 38.7 cm³/mol. The molecule has 0 unspecified atom stereocenters. The van der Waals surface area contributed by atoms with Crippen molar-refractivity contribution in [3.05, 3.63) is 24.3 Å². The SMILES string of the molecule is O=[C]c1nccc2[nH]cnc12. The van der Waals surface area contributed by atoms with Crippen LogP contribution in [0.5, 0.6) is 0 Å². The summed E-state index contributed by atoms with van der Waals surface area (Å²) in [6.07, 6.45) is 4.78. The van der Waals surface area contributed by atoms with Crippen LogP contribution in [0.3, 0.4) is 0 Å². The minimum atomic E-state index is 0.253. The smallest absolute Gasteiger partial charge is 0.255 e. The first kappa shape index (κ1) is 6.03. The van der Waals surface area contributed by atoms with Gasteiger partial charge in [-0.15, -0.1) is 0 Å². The lowest BCUT2D eigenvalue weighted by Gasteiger charge is -1.87. The van der Waals surface area contributed by atoms with Crippen LogP contribution in [0.4, 0.5) is 0 Å². The Morgan fingerprint density at radius 3 is 3.18 bits per heavy atom. The number of aromatic nitrogens is 3. The Hall–Kier alpha value is -1.71. The van der Waals surface area contributed by atoms with Crippen molar-refractivity contribution in [3.63, 3.8) is 0 Å². The maximum Gasteiger partial charge on any atom is 0.255 e. The molecule has 0 saturated carbocycles. The number of aromatic amines is 1. The molecule has 0 amide bonds. The van der Waals surface area contributed by atoms with E-state index in [1.165, 1.54) is 6.33 Å². The fourth-order valence-corrected chi connectivity index (χ4v) is 0.942. The molecule has 53 valence electrons. The van der Waals surface area contributed by atoms with Gasteiger partial charge in [-0.2, -0.15) is 0 Å². The molecule has 4 nitrogen and oxygen atoms in total. The summed E-state index contributed by atoms with van der Waals surface area (Å²) in [4.78, 5) is 20.8. The Morgan fingerprint density at radius 1 is 1.45 bits per heavy atom. The maximum absolute atomic E-state index is 10.3. The number of nitrogens with one attached hydrogen (secondary N) is 1. The summed E-state index contributed by atoms with van der Waals surface area (Å²) in [5, 5.41) is 0. The molecule has 0 aliphatic carbocycles. The van der Waals surface area contributed by atoms with Crippen molar-refractivity contribution in [2.75, 3.05) is 0 Å². The fourth-order valence-electron chi connectivity index (χ4n) is 0.942. The average Bonchev–Trinajstić information content (AvgIpc) is 2.50. The van der Waals surface area contributed by atoms with Crippen LogP contribution in [0, 0.1) is 0 Å². The summed E-state index contributed by atoms with van der Waals surface area (Å²) in [6, 6.07) is 1.75. The zero-order valence-corrected chi connectivity index (χ0v) is 5.53. The van der Waals surface area contributed by atoms with Crippen LogP contribution < -0.4 is 0 Å². The molecule has 0 bridgehead atoms. The molecule has 0 spiro atoms. The van der Waals surface area contributed by atoms with E-state index in [1.807, 2.05) is 0 Å². The van der Waals surface area contributed by atoms with Crippen LogP contribution in [-0.4, -0.2) is 21.2 Å². The van der Waals surface area contributed by atoms with Crippen LogP contribution in [-0.2, 0) is 4.79 Å². The normalized spacial score (nSPS) is 10.2. The second-order valence-corrected chi connectivity index (χ2v) is 2.06. The third-order valence-corrected chi connectivity index (χ3v) is 1.43. The lowest BCUT2D eigenvalue weighted by atomic mass is 10.3. The van der Waals surface area contributed by atoms with Gasteiger partial charge in [0.15, 0.2) is 0 Å². The van der Waals surface area contributed by atoms with Crippen molar-refractivity contribution in [3.8, 4) is 0 Å². The first-order chi connectivity index (χ1) is 5.42. The summed E-state index contributed by atoms with van der Waals surface area (Å²) in [5.74, 6) is 0. The van der Waals surface area contributed by atoms with Crippen LogP contribution in [0.15, 0.2) is 18.6 Å². The third-order valence-electron chi connectivity index (χ3n) is 1.43. The molecule has 0 aliphatic heterocycles. The van der Waals surface area contributed by atoms with Crippen LogP contribution in [0.25, 0.3) is 11.0 Å². The zero-order chi connectivity index (χ0) is 7.68. The van der Waals surface area contributed by atoms with Crippen LogP contribution in [0.1, 0.15) is 5.69 Å². The second-order valence-electron chi connectivity index (χ2n) is 2.06. The number of H-pyrrole nitrogens is 1. The molecule has 4 heteroatoms. The number of imidazole rings is 1. The highest BCUT2D eigenvalue weighted by atomic mass is 16.1. The van der Waals surface area contributed by atoms with Crippen molar-refractivity contribution in [2.24, 2.45) is 0 Å². The molecule has 0 saturated heterocycles. The molecule has 0 fully saturated rings. The molecular formula is C7H4N3O. The van der Waals surface area contributed by atoms with E-state index in [2.05, 4.69) is 15.0 Å². The number of carbonyl (C=O) groups excluding carboxylic acids is 1. The van der Waals surface area contributed by atoms with Gasteiger partial charge in [-0.1, -0.05) is 0 Å². The summed E-state index contributed by atoms with van der Waals surface area (Å²) < 4.78 is 0. The van der Waals surface area contributed by atoms with Gasteiger partial charge in [0.1, 0.15) is 11.2 Å². The van der Waals surface area contributed by atoms with Crippen molar-refractivity contribution in [1.29, 1.82) is 0 Å². The van der Waals surface area contributed by atoms with Gasteiger partial charge >= 0.3 is 0 Å². The van der Waals surface area contributed by atoms with E-state index in [0.29, 0.717) is 5.52 Å². The zero-order valence-electron chi connectivity index (χ0n) is 5.53. The molecule has 2 heterocycles. The maximum atomic E-state index is 10.3. The third kappa shape index (κ3) is 0.797. The Labute approximate surface area is 62.3 Å². The minimum absolute atomic E-state index is 0.253. The standard InChI is InChI=1S/C7H4N3O/c11-3-6-7-5(1-2-8-6)9-4-10-7/h1-2,4H,(H,9,10). The monoisotopic (exact) mass is 146 g/mol. The number of nitrogens with zero attached hydrogens (tertiary/aromatic N) is 2. The van der Waals surface area contributed by atoms with E-state index in [1.54, 1.807) is 18.5 Å². The lowest BCUT2D eigenvalue weighted by Crippen LogP contribution is -1.87. The summed E-state index contributed by atoms with van der Waals surface area (Å²) in [7, 11) is 0. The minimum Gasteiger partial charge on any atom is -0.344 e. The van der Waals surface area contributed by atoms with E-state index < -0.39 is 0 Å². The van der Waals surface area contributed by atoms with Gasteiger partial charge in [0, 0.05) is 6.20 Å². The van der Waals surface area contributed by atoms with Gasteiger partial charge in [0.25, 0.3) is 6.29 Å². The van der Waals surface area contributed by atoms with Gasteiger partial charge < -0.3 is 4.98 Å². The molecule has 2 rings (SSSR count). The largest absolute Gasteiger partial charge is 0.344 e. The topological polar surface area (TPSA) is 58.6 Å². The summed E-state index contributed by atoms with van der Waals surface area (Å²) >= 11 is 0. The highest BCUT2D eigenvalue weighted by Crippen LogP contribution is 2.08. The van der Waals surface area contributed by atoms with Crippen molar-refractivity contribution >= 4 is 17.3 Å². The molecule has 11 heavy (non-hydrogen) atoms. The van der Waals surface area contributed by atoms with E-state index >= 15 is 0 Å². The van der Waals surface area contributed by atoms with Crippen LogP contribution in [0.2, 0.25) is 0 Å². The van der Waals surface area contributed by atoms with E-state index in [4.69, 9.17) is 0 Å². The van der Waals surface area contributed by atoms with Gasteiger partial charge in [0.05, 0.1) is 11.8 Å². The van der Waals surface area contributed by atoms with Gasteiger partial charge in [0.2, 0.25) is 0 Å². The van der Waals surface area contributed by atoms with Gasteiger partial charge in [-0.05, 0) is 6.07 Å². The van der Waals surface area contributed by atoms with E-state index in [-0.39, 0.29) is 5.69 Å². The van der Waals surface area contributed by atoms with Crippen LogP contribution >= 0.6 is 0 Å². The highest BCUT2D eigenvalue weighted by Gasteiger charge is 2.02. The van der Waals surface area contributed by atoms with E-state index in [9.17, 15) is 4.79 Å². The molecule has 0 atom stereocenters. The Kier molecular flexibility index (Phi) is 1.18. The molecule has 0 aliphatic rings. The van der Waals surface area contributed by atoms with Gasteiger partial charge in [-0.25, -0.2) is 4.98 Å². The molecule has 1 radical (unpaired) electrons. The molecule has 2 aromatic rings. The van der Waals surface area contributed by atoms with Crippen molar-refractivity contribution < 1.29 is 4.79 Å². The molecule has 0 aromatic carbocycles. The second kappa shape index (κ2) is 2.16. The van der Waals surface area contributed by atoms with Crippen molar-refractivity contribution in [1.82, 2.24) is 15.0 Å². The summed E-state index contributed by atoms with van der Waals surface area (Å²) in [6.45, 7) is 0.